The first kappa shape index (κ1) is 15.5. The highest BCUT2D eigenvalue weighted by atomic mass is 16.6. The molecule has 0 saturated carbocycles. The van der Waals surface area contributed by atoms with Crippen LogP contribution >= 0.6 is 0 Å². The van der Waals surface area contributed by atoms with Crippen molar-refractivity contribution in [2.45, 2.75) is 58.1 Å². The second-order valence-electron chi connectivity index (χ2n) is 5.69. The molecule has 0 bridgehead atoms. The third-order valence-electron chi connectivity index (χ3n) is 2.61. The molecule has 1 fully saturated rings. The molecule has 2 amide bonds. The van der Waals surface area contributed by atoms with Gasteiger partial charge in [-0.1, -0.05) is 0 Å². The number of ether oxygens (including phenoxy) is 1. The standard InChI is InChI=1S/C13H22N2O4/c1-13(2,3)19-12(18)7-6-11(17)15-9-4-5-10(16)14-8-9/h9H,4-8H2,1-3H3,(H,14,16)(H,15,17). The van der Waals surface area contributed by atoms with Crippen LogP contribution in [-0.4, -0.2) is 36.0 Å². The van der Waals surface area contributed by atoms with Gasteiger partial charge in [0, 0.05) is 25.4 Å². The zero-order chi connectivity index (χ0) is 14.5. The summed E-state index contributed by atoms with van der Waals surface area (Å²) in [6.45, 7) is 5.82. The van der Waals surface area contributed by atoms with E-state index in [-0.39, 0.29) is 36.7 Å². The second-order valence-corrected chi connectivity index (χ2v) is 5.69. The molecule has 0 aromatic rings. The van der Waals surface area contributed by atoms with Crippen LogP contribution in [0.4, 0.5) is 0 Å². The molecule has 1 aliphatic heterocycles. The molecule has 1 aliphatic rings. The minimum Gasteiger partial charge on any atom is -0.460 e. The lowest BCUT2D eigenvalue weighted by Gasteiger charge is -2.23. The molecule has 19 heavy (non-hydrogen) atoms. The fourth-order valence-corrected chi connectivity index (χ4v) is 1.76. The number of hydrogen-bond acceptors (Lipinski definition) is 4. The number of amides is 2. The number of hydrogen-bond donors (Lipinski definition) is 2. The number of esters is 1. The zero-order valence-electron chi connectivity index (χ0n) is 11.7. The minimum absolute atomic E-state index is 0.0132. The van der Waals surface area contributed by atoms with Gasteiger partial charge in [0.05, 0.1) is 6.42 Å². The smallest absolute Gasteiger partial charge is 0.306 e. The maximum Gasteiger partial charge on any atom is 0.306 e. The van der Waals surface area contributed by atoms with E-state index in [0.717, 1.165) is 0 Å². The van der Waals surface area contributed by atoms with Gasteiger partial charge in [-0.2, -0.15) is 0 Å². The average molecular weight is 270 g/mol. The normalized spacial score (nSPS) is 19.5. The van der Waals surface area contributed by atoms with Crippen molar-refractivity contribution in [3.05, 3.63) is 0 Å². The molecule has 6 nitrogen and oxygen atoms in total. The van der Waals surface area contributed by atoms with E-state index in [0.29, 0.717) is 19.4 Å². The number of nitrogens with one attached hydrogen (secondary N) is 2. The zero-order valence-corrected chi connectivity index (χ0v) is 11.7. The van der Waals surface area contributed by atoms with Crippen molar-refractivity contribution in [2.24, 2.45) is 0 Å². The molecular formula is C13H22N2O4. The lowest BCUT2D eigenvalue weighted by molar-refractivity contribution is -0.155. The molecule has 0 aromatic carbocycles. The molecule has 0 spiro atoms. The molecule has 0 aromatic heterocycles. The molecule has 0 radical (unpaired) electrons. The Bertz CT molecular complexity index is 350. The van der Waals surface area contributed by atoms with Crippen molar-refractivity contribution >= 4 is 17.8 Å². The van der Waals surface area contributed by atoms with Crippen LogP contribution in [0.2, 0.25) is 0 Å². The van der Waals surface area contributed by atoms with E-state index in [9.17, 15) is 14.4 Å². The summed E-state index contributed by atoms with van der Waals surface area (Å²) in [5, 5.41) is 5.48. The summed E-state index contributed by atoms with van der Waals surface area (Å²) >= 11 is 0. The van der Waals surface area contributed by atoms with Crippen LogP contribution in [0.3, 0.4) is 0 Å². The summed E-state index contributed by atoms with van der Waals surface area (Å²) in [6, 6.07) is -0.0381. The van der Waals surface area contributed by atoms with Crippen molar-refractivity contribution in [1.29, 1.82) is 0 Å². The fourth-order valence-electron chi connectivity index (χ4n) is 1.76. The van der Waals surface area contributed by atoms with Crippen LogP contribution < -0.4 is 10.6 Å². The summed E-state index contributed by atoms with van der Waals surface area (Å²) in [5.41, 5.74) is -0.527. The Kier molecular flexibility index (Phi) is 5.32. The van der Waals surface area contributed by atoms with Crippen molar-refractivity contribution in [3.63, 3.8) is 0 Å². The molecule has 2 N–H and O–H groups in total. The highest BCUT2D eigenvalue weighted by Gasteiger charge is 2.21. The lowest BCUT2D eigenvalue weighted by Crippen LogP contribution is -2.47. The van der Waals surface area contributed by atoms with Gasteiger partial charge in [0.15, 0.2) is 0 Å². The Morgan fingerprint density at radius 3 is 2.58 bits per heavy atom. The first-order valence-corrected chi connectivity index (χ1v) is 6.54. The molecule has 0 aliphatic carbocycles. The fraction of sp³-hybridized carbons (Fsp3) is 0.769. The van der Waals surface area contributed by atoms with Gasteiger partial charge in [0.25, 0.3) is 0 Å². The van der Waals surface area contributed by atoms with E-state index in [1.54, 1.807) is 20.8 Å². The van der Waals surface area contributed by atoms with E-state index in [4.69, 9.17) is 4.74 Å². The third-order valence-corrected chi connectivity index (χ3v) is 2.61. The number of rotatable bonds is 4. The summed E-state index contributed by atoms with van der Waals surface area (Å²) in [7, 11) is 0. The van der Waals surface area contributed by atoms with Gasteiger partial charge in [-0.15, -0.1) is 0 Å². The molecule has 1 atom stereocenters. The minimum atomic E-state index is -0.527. The van der Waals surface area contributed by atoms with Crippen LogP contribution in [0.25, 0.3) is 0 Å². The molecule has 1 rings (SSSR count). The first-order chi connectivity index (χ1) is 8.76. The van der Waals surface area contributed by atoms with E-state index in [2.05, 4.69) is 10.6 Å². The van der Waals surface area contributed by atoms with Crippen LogP contribution in [0.15, 0.2) is 0 Å². The molecule has 108 valence electrons. The second kappa shape index (κ2) is 6.54. The summed E-state index contributed by atoms with van der Waals surface area (Å²) in [5.74, 6) is -0.550. The predicted molar refractivity (Wildman–Crippen MR) is 69.3 cm³/mol. The van der Waals surface area contributed by atoms with E-state index in [1.807, 2.05) is 0 Å². The Morgan fingerprint density at radius 2 is 2.05 bits per heavy atom. The highest BCUT2D eigenvalue weighted by molar-refractivity contribution is 5.82. The third kappa shape index (κ3) is 6.79. The van der Waals surface area contributed by atoms with Crippen molar-refractivity contribution in [3.8, 4) is 0 Å². The molecule has 6 heteroatoms. The van der Waals surface area contributed by atoms with Crippen LogP contribution in [0.5, 0.6) is 0 Å². The van der Waals surface area contributed by atoms with Crippen molar-refractivity contribution < 1.29 is 19.1 Å². The van der Waals surface area contributed by atoms with E-state index < -0.39 is 5.60 Å². The average Bonchev–Trinajstić information content (AvgIpc) is 2.27. The topological polar surface area (TPSA) is 84.5 Å². The Hall–Kier alpha value is -1.59. The molecular weight excluding hydrogens is 248 g/mol. The maximum atomic E-state index is 11.6. The van der Waals surface area contributed by atoms with Gasteiger partial charge >= 0.3 is 5.97 Å². The molecule has 1 heterocycles. The maximum absolute atomic E-state index is 11.6. The van der Waals surface area contributed by atoms with E-state index >= 15 is 0 Å². The first-order valence-electron chi connectivity index (χ1n) is 6.54. The Labute approximate surface area is 113 Å². The van der Waals surface area contributed by atoms with Crippen LogP contribution in [0.1, 0.15) is 46.5 Å². The van der Waals surface area contributed by atoms with Gasteiger partial charge in [-0.25, -0.2) is 0 Å². The van der Waals surface area contributed by atoms with Gasteiger partial charge < -0.3 is 15.4 Å². The van der Waals surface area contributed by atoms with Gasteiger partial charge in [-0.05, 0) is 27.2 Å². The van der Waals surface area contributed by atoms with Crippen LogP contribution in [0, 0.1) is 0 Å². The van der Waals surface area contributed by atoms with Gasteiger partial charge in [0.1, 0.15) is 5.60 Å². The number of carbonyl (C=O) groups is 3. The SMILES string of the molecule is CC(C)(C)OC(=O)CCC(=O)NC1CCC(=O)NC1. The lowest BCUT2D eigenvalue weighted by atomic mass is 10.1. The van der Waals surface area contributed by atoms with Gasteiger partial charge in [-0.3, -0.25) is 14.4 Å². The predicted octanol–water partition coefficient (Wildman–Crippen LogP) is 0.503. The highest BCUT2D eigenvalue weighted by Crippen LogP contribution is 2.09. The summed E-state index contributed by atoms with van der Waals surface area (Å²) in [6.07, 6.45) is 1.25. The van der Waals surface area contributed by atoms with E-state index in [1.165, 1.54) is 0 Å². The summed E-state index contributed by atoms with van der Waals surface area (Å²) in [4.78, 5) is 34.0. The van der Waals surface area contributed by atoms with Crippen LogP contribution in [-0.2, 0) is 19.1 Å². The van der Waals surface area contributed by atoms with Crippen molar-refractivity contribution in [1.82, 2.24) is 10.6 Å². The molecule has 1 unspecified atom stereocenters. The van der Waals surface area contributed by atoms with Gasteiger partial charge in [0.2, 0.25) is 11.8 Å². The summed E-state index contributed by atoms with van der Waals surface area (Å²) < 4.78 is 5.12. The number of carbonyl (C=O) groups excluding carboxylic acids is 3. The molecule has 1 saturated heterocycles. The quantitative estimate of drug-likeness (QED) is 0.729. The Morgan fingerprint density at radius 1 is 1.37 bits per heavy atom. The Balaban J connectivity index is 2.21. The largest absolute Gasteiger partial charge is 0.460 e. The monoisotopic (exact) mass is 270 g/mol. The number of piperidine rings is 1. The van der Waals surface area contributed by atoms with Crippen molar-refractivity contribution in [2.75, 3.05) is 6.54 Å².